The quantitative estimate of drug-likeness (QED) is 0.651. The average molecular weight is 216 g/mol. The molecular formula is C12H12N2S. The molecule has 1 heterocycles. The zero-order valence-corrected chi connectivity index (χ0v) is 9.44. The summed E-state index contributed by atoms with van der Waals surface area (Å²) in [5.74, 6) is 1.00. The van der Waals surface area contributed by atoms with Gasteiger partial charge in [-0.1, -0.05) is 6.07 Å². The summed E-state index contributed by atoms with van der Waals surface area (Å²) >= 11 is 4.37. The number of rotatable bonds is 0. The van der Waals surface area contributed by atoms with Gasteiger partial charge in [0, 0.05) is 16.2 Å². The average Bonchev–Trinajstić information content (AvgIpc) is 2.58. The molecule has 2 aromatic rings. The van der Waals surface area contributed by atoms with E-state index in [1.54, 1.807) is 0 Å². The Morgan fingerprint density at radius 2 is 2.20 bits per heavy atom. The Balaban J connectivity index is 2.25. The molecular weight excluding hydrogens is 204 g/mol. The van der Waals surface area contributed by atoms with Gasteiger partial charge in [-0.15, -0.1) is 12.6 Å². The minimum Gasteiger partial charge on any atom is -0.346 e. The van der Waals surface area contributed by atoms with Gasteiger partial charge in [0.05, 0.1) is 5.69 Å². The Hall–Kier alpha value is -1.22. The molecule has 0 fully saturated rings. The van der Waals surface area contributed by atoms with Crippen molar-refractivity contribution in [3.8, 4) is 11.3 Å². The Labute approximate surface area is 94.2 Å². The normalized spacial score (nSPS) is 13.5. The number of imidazole rings is 1. The molecule has 3 heteroatoms. The summed E-state index contributed by atoms with van der Waals surface area (Å²) < 4.78 is 0. The number of benzene rings is 1. The first kappa shape index (κ1) is 9.04. The molecule has 0 bridgehead atoms. The number of nitrogens with one attached hydrogen (secondary N) is 1. The van der Waals surface area contributed by atoms with E-state index < -0.39 is 0 Å². The first-order valence-electron chi connectivity index (χ1n) is 5.12. The molecule has 3 rings (SSSR count). The molecule has 0 amide bonds. The van der Waals surface area contributed by atoms with Gasteiger partial charge in [-0.3, -0.25) is 0 Å². The molecule has 0 radical (unpaired) electrons. The van der Waals surface area contributed by atoms with Crippen molar-refractivity contribution in [3.63, 3.8) is 0 Å². The highest BCUT2D eigenvalue weighted by Gasteiger charge is 2.19. The summed E-state index contributed by atoms with van der Waals surface area (Å²) in [5, 5.41) is 0. The second-order valence-electron chi connectivity index (χ2n) is 3.99. The van der Waals surface area contributed by atoms with Gasteiger partial charge in [-0.2, -0.15) is 0 Å². The topological polar surface area (TPSA) is 28.7 Å². The number of hydrogen-bond acceptors (Lipinski definition) is 2. The van der Waals surface area contributed by atoms with E-state index in [2.05, 4.69) is 34.7 Å². The monoisotopic (exact) mass is 216 g/mol. The van der Waals surface area contributed by atoms with Crippen LogP contribution in [0.3, 0.4) is 0 Å². The first-order valence-corrected chi connectivity index (χ1v) is 5.56. The van der Waals surface area contributed by atoms with Crippen LogP contribution in [0.4, 0.5) is 0 Å². The fraction of sp³-hybridized carbons (Fsp3) is 0.250. The second-order valence-corrected chi connectivity index (χ2v) is 4.51. The molecule has 2 nitrogen and oxygen atoms in total. The number of aryl methyl sites for hydroxylation is 3. The molecule has 0 saturated carbocycles. The van der Waals surface area contributed by atoms with E-state index >= 15 is 0 Å². The maximum Gasteiger partial charge on any atom is 0.103 e. The Morgan fingerprint density at radius 1 is 1.33 bits per heavy atom. The first-order chi connectivity index (χ1) is 7.24. The number of aromatic amines is 1. The van der Waals surface area contributed by atoms with Crippen LogP contribution in [0, 0.1) is 6.92 Å². The summed E-state index contributed by atoms with van der Waals surface area (Å²) in [5.41, 5.74) is 5.02. The van der Waals surface area contributed by atoms with Crippen LogP contribution in [0.1, 0.15) is 17.1 Å². The molecule has 0 atom stereocenters. The van der Waals surface area contributed by atoms with Crippen molar-refractivity contribution >= 4 is 12.6 Å². The van der Waals surface area contributed by atoms with Crippen molar-refractivity contribution in [2.75, 3.05) is 0 Å². The molecule has 1 aromatic carbocycles. The standard InChI is InChI=1S/C12H12N2S/c1-7-13-11-5-2-8-6-9(15)3-4-10(8)12(11)14-7/h3-4,6,15H,2,5H2,1H3,(H,13,14). The van der Waals surface area contributed by atoms with Crippen LogP contribution in [0.2, 0.25) is 0 Å². The minimum absolute atomic E-state index is 1.00. The Morgan fingerprint density at radius 3 is 3.07 bits per heavy atom. The molecule has 0 unspecified atom stereocenters. The lowest BCUT2D eigenvalue weighted by molar-refractivity contribution is 0.901. The number of nitrogens with zero attached hydrogens (tertiary/aromatic N) is 1. The summed E-state index contributed by atoms with van der Waals surface area (Å²) in [6, 6.07) is 6.29. The molecule has 15 heavy (non-hydrogen) atoms. The van der Waals surface area contributed by atoms with Crippen LogP contribution < -0.4 is 0 Å². The van der Waals surface area contributed by atoms with E-state index in [0.29, 0.717) is 0 Å². The predicted octanol–water partition coefficient (Wildman–Crippen LogP) is 2.77. The van der Waals surface area contributed by atoms with Gasteiger partial charge in [0.25, 0.3) is 0 Å². The van der Waals surface area contributed by atoms with Crippen LogP contribution in [0.15, 0.2) is 23.1 Å². The van der Waals surface area contributed by atoms with Crippen molar-refractivity contribution in [2.45, 2.75) is 24.7 Å². The SMILES string of the molecule is Cc1nc2c([nH]1)CCc1cc(S)ccc1-2. The Kier molecular flexibility index (Phi) is 1.89. The van der Waals surface area contributed by atoms with E-state index in [0.717, 1.165) is 29.3 Å². The molecule has 0 aliphatic heterocycles. The van der Waals surface area contributed by atoms with Crippen LogP contribution in [-0.4, -0.2) is 9.97 Å². The highest BCUT2D eigenvalue weighted by atomic mass is 32.1. The zero-order chi connectivity index (χ0) is 10.4. The summed E-state index contributed by atoms with van der Waals surface area (Å²) in [6.45, 7) is 2.00. The second kappa shape index (κ2) is 3.14. The third kappa shape index (κ3) is 1.38. The zero-order valence-electron chi connectivity index (χ0n) is 8.54. The number of hydrogen-bond donors (Lipinski definition) is 2. The Bertz CT molecular complexity index is 528. The largest absolute Gasteiger partial charge is 0.346 e. The van der Waals surface area contributed by atoms with E-state index in [1.807, 2.05) is 13.0 Å². The lowest BCUT2D eigenvalue weighted by Crippen LogP contribution is -2.03. The third-order valence-electron chi connectivity index (χ3n) is 2.89. The molecule has 1 aromatic heterocycles. The van der Waals surface area contributed by atoms with Crippen LogP contribution >= 0.6 is 12.6 Å². The minimum atomic E-state index is 1.00. The van der Waals surface area contributed by atoms with Crippen LogP contribution in [0.5, 0.6) is 0 Å². The molecule has 1 aliphatic carbocycles. The fourth-order valence-corrected chi connectivity index (χ4v) is 2.45. The van der Waals surface area contributed by atoms with E-state index in [1.165, 1.54) is 16.8 Å². The number of fused-ring (bicyclic) bond motifs is 3. The number of H-pyrrole nitrogens is 1. The van der Waals surface area contributed by atoms with Crippen LogP contribution in [-0.2, 0) is 12.8 Å². The van der Waals surface area contributed by atoms with Gasteiger partial charge in [0.1, 0.15) is 5.82 Å². The third-order valence-corrected chi connectivity index (χ3v) is 3.16. The van der Waals surface area contributed by atoms with Gasteiger partial charge in [0.2, 0.25) is 0 Å². The molecule has 0 saturated heterocycles. The van der Waals surface area contributed by atoms with E-state index in [9.17, 15) is 0 Å². The summed E-state index contributed by atoms with van der Waals surface area (Å²) in [4.78, 5) is 8.90. The van der Waals surface area contributed by atoms with E-state index in [-0.39, 0.29) is 0 Å². The van der Waals surface area contributed by atoms with Gasteiger partial charge in [0.15, 0.2) is 0 Å². The molecule has 1 N–H and O–H groups in total. The van der Waals surface area contributed by atoms with Gasteiger partial charge in [-0.05, 0) is 37.5 Å². The van der Waals surface area contributed by atoms with Crippen molar-refractivity contribution in [3.05, 3.63) is 35.3 Å². The van der Waals surface area contributed by atoms with Crippen molar-refractivity contribution in [2.24, 2.45) is 0 Å². The van der Waals surface area contributed by atoms with Crippen molar-refractivity contribution < 1.29 is 0 Å². The maximum atomic E-state index is 4.54. The smallest absolute Gasteiger partial charge is 0.103 e. The fourth-order valence-electron chi connectivity index (χ4n) is 2.22. The highest BCUT2D eigenvalue weighted by Crippen LogP contribution is 2.32. The van der Waals surface area contributed by atoms with Crippen molar-refractivity contribution in [1.82, 2.24) is 9.97 Å². The van der Waals surface area contributed by atoms with Gasteiger partial charge >= 0.3 is 0 Å². The van der Waals surface area contributed by atoms with Gasteiger partial charge in [-0.25, -0.2) is 4.98 Å². The predicted molar refractivity (Wildman–Crippen MR) is 63.4 cm³/mol. The highest BCUT2D eigenvalue weighted by molar-refractivity contribution is 7.80. The number of aromatic nitrogens is 2. The van der Waals surface area contributed by atoms with Crippen molar-refractivity contribution in [1.29, 1.82) is 0 Å². The van der Waals surface area contributed by atoms with Crippen LogP contribution in [0.25, 0.3) is 11.3 Å². The molecule has 1 aliphatic rings. The molecule has 76 valence electrons. The number of thiol groups is 1. The van der Waals surface area contributed by atoms with E-state index in [4.69, 9.17) is 0 Å². The summed E-state index contributed by atoms with van der Waals surface area (Å²) in [7, 11) is 0. The molecule has 0 spiro atoms. The van der Waals surface area contributed by atoms with Gasteiger partial charge < -0.3 is 4.98 Å². The lowest BCUT2D eigenvalue weighted by Gasteiger charge is -2.15. The summed E-state index contributed by atoms with van der Waals surface area (Å²) in [6.07, 6.45) is 2.14. The lowest BCUT2D eigenvalue weighted by atomic mass is 9.92. The maximum absolute atomic E-state index is 4.54.